The largest absolute Gasteiger partial charge is 0.449 e. The van der Waals surface area contributed by atoms with Gasteiger partial charge in [0.15, 0.2) is 0 Å². The van der Waals surface area contributed by atoms with Gasteiger partial charge in [0.1, 0.15) is 29.1 Å². The van der Waals surface area contributed by atoms with Crippen LogP contribution >= 0.6 is 34.8 Å². The van der Waals surface area contributed by atoms with Crippen molar-refractivity contribution in [2.24, 2.45) is 0 Å². The third-order valence-corrected chi connectivity index (χ3v) is 6.03. The molecule has 7 nitrogen and oxygen atoms in total. The number of halogens is 3. The van der Waals surface area contributed by atoms with Crippen molar-refractivity contribution >= 4 is 40.9 Å². The van der Waals surface area contributed by atoms with Crippen molar-refractivity contribution in [2.75, 3.05) is 13.2 Å². The molecule has 3 aromatic rings. The fraction of sp³-hybridized carbons (Fsp3) is 0.227. The number of carbonyl (C=O) groups excluding carboxylic acids is 1. The molecular formula is C22H18Cl3N3O4. The van der Waals surface area contributed by atoms with Crippen molar-refractivity contribution in [3.05, 3.63) is 80.8 Å². The molecule has 1 amide bonds. The SMILES string of the molecule is O=C(NCC(O)C(O)c1c(Cl)nc(Cl)nc1Cl)OCC1c2ccccc2-c2ccccc21. The molecule has 4 rings (SSSR count). The van der Waals surface area contributed by atoms with E-state index in [1.807, 2.05) is 48.5 Å². The van der Waals surface area contributed by atoms with Gasteiger partial charge in [-0.2, -0.15) is 0 Å². The van der Waals surface area contributed by atoms with Crippen LogP contribution in [0.4, 0.5) is 4.79 Å². The lowest BCUT2D eigenvalue weighted by Crippen LogP contribution is -2.36. The van der Waals surface area contributed by atoms with E-state index in [9.17, 15) is 15.0 Å². The predicted octanol–water partition coefficient (Wildman–Crippen LogP) is 4.37. The molecule has 0 bridgehead atoms. The number of rotatable bonds is 6. The molecule has 0 saturated heterocycles. The molecule has 1 aromatic heterocycles. The van der Waals surface area contributed by atoms with Gasteiger partial charge in [-0.05, 0) is 33.9 Å². The minimum atomic E-state index is -1.54. The van der Waals surface area contributed by atoms with Gasteiger partial charge in [0.05, 0.1) is 5.56 Å². The zero-order valence-corrected chi connectivity index (χ0v) is 18.8. The average molecular weight is 495 g/mol. The van der Waals surface area contributed by atoms with Gasteiger partial charge in [0.25, 0.3) is 0 Å². The predicted molar refractivity (Wildman–Crippen MR) is 121 cm³/mol. The molecule has 32 heavy (non-hydrogen) atoms. The van der Waals surface area contributed by atoms with E-state index < -0.39 is 18.3 Å². The first-order valence-electron chi connectivity index (χ1n) is 9.70. The number of nitrogens with one attached hydrogen (secondary N) is 1. The molecule has 10 heteroatoms. The van der Waals surface area contributed by atoms with Crippen LogP contribution in [-0.2, 0) is 4.74 Å². The van der Waals surface area contributed by atoms with Crippen molar-refractivity contribution in [3.8, 4) is 11.1 Å². The molecule has 2 aromatic carbocycles. The lowest BCUT2D eigenvalue weighted by molar-refractivity contribution is 0.0183. The maximum Gasteiger partial charge on any atom is 0.407 e. The first-order chi connectivity index (χ1) is 15.4. The Morgan fingerprint density at radius 1 is 0.969 bits per heavy atom. The van der Waals surface area contributed by atoms with Gasteiger partial charge in [-0.3, -0.25) is 0 Å². The fourth-order valence-electron chi connectivity index (χ4n) is 3.78. The second-order valence-corrected chi connectivity index (χ2v) is 8.26. The van der Waals surface area contributed by atoms with E-state index in [1.165, 1.54) is 0 Å². The highest BCUT2D eigenvalue weighted by Gasteiger charge is 2.30. The third kappa shape index (κ3) is 4.53. The number of fused-ring (bicyclic) bond motifs is 3. The van der Waals surface area contributed by atoms with Crippen molar-refractivity contribution in [1.82, 2.24) is 15.3 Å². The molecule has 0 saturated carbocycles. The number of hydrogen-bond acceptors (Lipinski definition) is 6. The van der Waals surface area contributed by atoms with E-state index in [4.69, 9.17) is 39.5 Å². The van der Waals surface area contributed by atoms with Crippen molar-refractivity contribution in [1.29, 1.82) is 0 Å². The topological polar surface area (TPSA) is 105 Å². The second-order valence-electron chi connectivity index (χ2n) is 7.21. The normalized spacial score (nSPS) is 14.4. The Bertz CT molecular complexity index is 1090. The number of benzene rings is 2. The second kappa shape index (κ2) is 9.60. The summed E-state index contributed by atoms with van der Waals surface area (Å²) in [4.78, 5) is 19.6. The molecule has 0 aliphatic heterocycles. The van der Waals surface area contributed by atoms with Crippen LogP contribution in [-0.4, -0.2) is 45.5 Å². The van der Waals surface area contributed by atoms with Crippen LogP contribution in [0.25, 0.3) is 11.1 Å². The van der Waals surface area contributed by atoms with Crippen LogP contribution in [0, 0.1) is 0 Å². The number of alkyl carbamates (subject to hydrolysis) is 1. The summed E-state index contributed by atoms with van der Waals surface area (Å²) in [6, 6.07) is 16.0. The van der Waals surface area contributed by atoms with Gasteiger partial charge in [-0.25, -0.2) is 14.8 Å². The van der Waals surface area contributed by atoms with Crippen LogP contribution < -0.4 is 5.32 Å². The van der Waals surface area contributed by atoms with Gasteiger partial charge < -0.3 is 20.3 Å². The molecule has 1 heterocycles. The molecule has 0 spiro atoms. The van der Waals surface area contributed by atoms with Crippen molar-refractivity contribution in [3.63, 3.8) is 0 Å². The van der Waals surface area contributed by atoms with E-state index in [1.54, 1.807) is 0 Å². The molecule has 1 aliphatic carbocycles. The zero-order valence-electron chi connectivity index (χ0n) is 16.5. The Morgan fingerprint density at radius 2 is 1.50 bits per heavy atom. The number of aromatic nitrogens is 2. The summed E-state index contributed by atoms with van der Waals surface area (Å²) >= 11 is 17.5. The Kier molecular flexibility index (Phi) is 6.83. The lowest BCUT2D eigenvalue weighted by atomic mass is 9.98. The Hall–Kier alpha value is -2.42. The monoisotopic (exact) mass is 493 g/mol. The van der Waals surface area contributed by atoms with Gasteiger partial charge in [0.2, 0.25) is 5.28 Å². The van der Waals surface area contributed by atoms with Gasteiger partial charge in [0, 0.05) is 12.5 Å². The fourth-order valence-corrected chi connectivity index (χ4v) is 4.64. The van der Waals surface area contributed by atoms with Crippen molar-refractivity contribution < 1.29 is 19.7 Å². The Morgan fingerprint density at radius 3 is 2.06 bits per heavy atom. The molecular weight excluding hydrogens is 477 g/mol. The molecule has 166 valence electrons. The lowest BCUT2D eigenvalue weighted by Gasteiger charge is -2.20. The number of carbonyl (C=O) groups is 1. The molecule has 0 radical (unpaired) electrons. The van der Waals surface area contributed by atoms with E-state index in [-0.39, 0.29) is 40.2 Å². The molecule has 2 atom stereocenters. The number of aliphatic hydroxyl groups is 2. The number of aliphatic hydroxyl groups excluding tert-OH is 2. The summed E-state index contributed by atoms with van der Waals surface area (Å²) in [6.07, 6.45) is -3.71. The number of nitrogens with zero attached hydrogens (tertiary/aromatic N) is 2. The van der Waals surface area contributed by atoms with Crippen LogP contribution in [0.3, 0.4) is 0 Å². The highest BCUT2D eigenvalue weighted by molar-refractivity contribution is 6.36. The minimum absolute atomic E-state index is 0.0837. The third-order valence-electron chi connectivity index (χ3n) is 5.28. The molecule has 2 unspecified atom stereocenters. The van der Waals surface area contributed by atoms with Crippen LogP contribution in [0.2, 0.25) is 15.6 Å². The van der Waals surface area contributed by atoms with E-state index >= 15 is 0 Å². The van der Waals surface area contributed by atoms with Crippen LogP contribution in [0.15, 0.2) is 48.5 Å². The highest BCUT2D eigenvalue weighted by atomic mass is 35.5. The number of hydrogen-bond donors (Lipinski definition) is 3. The summed E-state index contributed by atoms with van der Waals surface area (Å²) < 4.78 is 5.40. The maximum absolute atomic E-state index is 12.2. The summed E-state index contributed by atoms with van der Waals surface area (Å²) in [5.74, 6) is -0.0903. The smallest absolute Gasteiger partial charge is 0.407 e. The quantitative estimate of drug-likeness (QED) is 0.347. The molecule has 0 fully saturated rings. The van der Waals surface area contributed by atoms with Crippen LogP contribution in [0.5, 0.6) is 0 Å². The molecule has 3 N–H and O–H groups in total. The Balaban J connectivity index is 1.36. The first-order valence-corrected chi connectivity index (χ1v) is 10.8. The maximum atomic E-state index is 12.2. The zero-order chi connectivity index (χ0) is 22.8. The minimum Gasteiger partial charge on any atom is -0.449 e. The van der Waals surface area contributed by atoms with Gasteiger partial charge in [-0.15, -0.1) is 0 Å². The Labute approximate surface area is 198 Å². The van der Waals surface area contributed by atoms with Crippen LogP contribution in [0.1, 0.15) is 28.7 Å². The summed E-state index contributed by atoms with van der Waals surface area (Å²) in [5, 5.41) is 22.4. The van der Waals surface area contributed by atoms with E-state index in [0.29, 0.717) is 0 Å². The first kappa shape index (κ1) is 22.8. The van der Waals surface area contributed by atoms with E-state index in [0.717, 1.165) is 22.3 Å². The standard InChI is InChI=1S/C22H18Cl3N3O4/c23-19-17(20(24)28-21(25)27-19)18(30)16(29)9-26-22(31)32-10-15-13-7-3-1-5-11(13)12-6-2-4-8-14(12)15/h1-8,15-16,18,29-30H,9-10H2,(H,26,31). The molecule has 1 aliphatic rings. The highest BCUT2D eigenvalue weighted by Crippen LogP contribution is 2.44. The summed E-state index contributed by atoms with van der Waals surface area (Å²) in [6.45, 7) is -0.186. The van der Waals surface area contributed by atoms with Gasteiger partial charge >= 0.3 is 6.09 Å². The van der Waals surface area contributed by atoms with Crippen molar-refractivity contribution in [2.45, 2.75) is 18.1 Å². The summed E-state index contributed by atoms with van der Waals surface area (Å²) in [5.41, 5.74) is 4.33. The van der Waals surface area contributed by atoms with E-state index in [2.05, 4.69) is 15.3 Å². The summed E-state index contributed by atoms with van der Waals surface area (Å²) in [7, 11) is 0. The number of amides is 1. The number of ether oxygens (including phenoxy) is 1. The van der Waals surface area contributed by atoms with Gasteiger partial charge in [-0.1, -0.05) is 71.7 Å². The average Bonchev–Trinajstić information content (AvgIpc) is 3.09.